The van der Waals surface area contributed by atoms with Gasteiger partial charge in [-0.3, -0.25) is 4.79 Å². The van der Waals surface area contributed by atoms with Crippen molar-refractivity contribution in [1.82, 2.24) is 0 Å². The van der Waals surface area contributed by atoms with Crippen molar-refractivity contribution in [3.05, 3.63) is 41.5 Å². The number of allylic oxidation sites excluding steroid dienone is 2. The second kappa shape index (κ2) is 3.89. The van der Waals surface area contributed by atoms with Crippen LogP contribution in [0.4, 0.5) is 0 Å². The van der Waals surface area contributed by atoms with E-state index < -0.39 is 0 Å². The van der Waals surface area contributed by atoms with Gasteiger partial charge in [0.25, 0.3) is 0 Å². The molecular formula is C15H18O. The Labute approximate surface area is 97.2 Å². The van der Waals surface area contributed by atoms with Crippen molar-refractivity contribution in [2.75, 3.05) is 0 Å². The summed E-state index contributed by atoms with van der Waals surface area (Å²) in [6.07, 6.45) is 3.77. The number of aryl methyl sites for hydroxylation is 1. The van der Waals surface area contributed by atoms with Crippen molar-refractivity contribution in [2.45, 2.75) is 33.6 Å². The van der Waals surface area contributed by atoms with Crippen LogP contribution < -0.4 is 0 Å². The van der Waals surface area contributed by atoms with Gasteiger partial charge in [0, 0.05) is 12.0 Å². The number of ketones is 1. The molecule has 0 fully saturated rings. The van der Waals surface area contributed by atoms with Gasteiger partial charge in [-0.15, -0.1) is 0 Å². The fourth-order valence-corrected chi connectivity index (χ4v) is 2.22. The van der Waals surface area contributed by atoms with Crippen LogP contribution in [0.2, 0.25) is 0 Å². The first-order valence-corrected chi connectivity index (χ1v) is 5.82. The fourth-order valence-electron chi connectivity index (χ4n) is 2.22. The highest BCUT2D eigenvalue weighted by atomic mass is 16.1. The molecule has 1 nitrogen and oxygen atoms in total. The lowest BCUT2D eigenvalue weighted by molar-refractivity contribution is -0.114. The van der Waals surface area contributed by atoms with Gasteiger partial charge in [0.15, 0.2) is 5.78 Å². The van der Waals surface area contributed by atoms with E-state index in [0.29, 0.717) is 6.42 Å². The molecule has 0 amide bonds. The van der Waals surface area contributed by atoms with Crippen LogP contribution in [0.5, 0.6) is 0 Å². The summed E-state index contributed by atoms with van der Waals surface area (Å²) in [5.74, 6) is 0.286. The molecule has 84 valence electrons. The Morgan fingerprint density at radius 1 is 1.19 bits per heavy atom. The molecule has 0 aromatic heterocycles. The number of hydrogen-bond donors (Lipinski definition) is 0. The molecule has 0 saturated carbocycles. The number of carbonyl (C=O) groups excluding carboxylic acids is 1. The molecule has 1 aliphatic carbocycles. The number of Topliss-reactive ketones (excluding diaryl/α,β-unsaturated/α-hetero) is 1. The van der Waals surface area contributed by atoms with Gasteiger partial charge in [-0.05, 0) is 29.9 Å². The first-order chi connectivity index (χ1) is 7.49. The minimum absolute atomic E-state index is 0.144. The molecule has 0 bridgehead atoms. The molecule has 0 unspecified atom stereocenters. The fraction of sp³-hybridized carbons (Fsp3) is 0.400. The van der Waals surface area contributed by atoms with Crippen molar-refractivity contribution in [2.24, 2.45) is 5.41 Å². The molecule has 16 heavy (non-hydrogen) atoms. The van der Waals surface area contributed by atoms with Crippen LogP contribution >= 0.6 is 0 Å². The summed E-state index contributed by atoms with van der Waals surface area (Å²) in [6, 6.07) is 8.11. The number of rotatable bonds is 1. The van der Waals surface area contributed by atoms with Crippen LogP contribution in [-0.2, 0) is 4.79 Å². The van der Waals surface area contributed by atoms with Gasteiger partial charge >= 0.3 is 0 Å². The van der Waals surface area contributed by atoms with Gasteiger partial charge in [0.05, 0.1) is 0 Å². The van der Waals surface area contributed by atoms with Crippen LogP contribution in [0.1, 0.15) is 37.8 Å². The summed E-state index contributed by atoms with van der Waals surface area (Å²) >= 11 is 0. The Morgan fingerprint density at radius 3 is 2.56 bits per heavy atom. The number of hydrogen-bond acceptors (Lipinski definition) is 1. The van der Waals surface area contributed by atoms with Crippen LogP contribution in [0, 0.1) is 12.3 Å². The van der Waals surface area contributed by atoms with Gasteiger partial charge in [0.1, 0.15) is 0 Å². The average molecular weight is 214 g/mol. The van der Waals surface area contributed by atoms with Crippen molar-refractivity contribution in [1.29, 1.82) is 0 Å². The van der Waals surface area contributed by atoms with E-state index in [0.717, 1.165) is 17.6 Å². The topological polar surface area (TPSA) is 17.1 Å². The Hall–Kier alpha value is -1.37. The zero-order valence-electron chi connectivity index (χ0n) is 10.2. The number of carbonyl (C=O) groups is 1. The van der Waals surface area contributed by atoms with Crippen LogP contribution in [0.25, 0.3) is 5.57 Å². The van der Waals surface area contributed by atoms with E-state index in [1.54, 1.807) is 0 Å². The summed E-state index contributed by atoms with van der Waals surface area (Å²) in [6.45, 7) is 6.44. The molecule has 0 N–H and O–H groups in total. The van der Waals surface area contributed by atoms with Crippen LogP contribution in [0.15, 0.2) is 30.3 Å². The van der Waals surface area contributed by atoms with E-state index in [2.05, 4.69) is 32.9 Å². The molecule has 1 heteroatoms. The second-order valence-electron chi connectivity index (χ2n) is 5.28. The molecular weight excluding hydrogens is 196 g/mol. The lowest BCUT2D eigenvalue weighted by atomic mass is 9.77. The highest BCUT2D eigenvalue weighted by molar-refractivity contribution is 6.21. The van der Waals surface area contributed by atoms with Crippen LogP contribution in [-0.4, -0.2) is 5.78 Å². The molecule has 0 heterocycles. The van der Waals surface area contributed by atoms with Gasteiger partial charge in [-0.25, -0.2) is 0 Å². The quantitative estimate of drug-likeness (QED) is 0.695. The van der Waals surface area contributed by atoms with Gasteiger partial charge in [-0.1, -0.05) is 44.2 Å². The van der Waals surface area contributed by atoms with Crippen molar-refractivity contribution < 1.29 is 4.79 Å². The van der Waals surface area contributed by atoms with Gasteiger partial charge in [-0.2, -0.15) is 0 Å². The summed E-state index contributed by atoms with van der Waals surface area (Å²) in [4.78, 5) is 12.0. The second-order valence-corrected chi connectivity index (χ2v) is 5.28. The molecule has 1 aromatic carbocycles. The third kappa shape index (κ3) is 2.08. The molecule has 0 atom stereocenters. The van der Waals surface area contributed by atoms with E-state index in [1.165, 1.54) is 5.56 Å². The third-order valence-corrected chi connectivity index (χ3v) is 3.27. The predicted molar refractivity (Wildman–Crippen MR) is 67.2 cm³/mol. The van der Waals surface area contributed by atoms with E-state index >= 15 is 0 Å². The molecule has 2 rings (SSSR count). The standard InChI is InChI=1S/C15H18O/c1-11-6-4-5-7-12(11)13-10-15(2,3)9-8-14(13)16/h4-7,10H,8-9H2,1-3H3. The largest absolute Gasteiger partial charge is 0.294 e. The van der Waals surface area contributed by atoms with E-state index in [4.69, 9.17) is 0 Å². The zero-order valence-corrected chi connectivity index (χ0v) is 10.2. The molecule has 0 aliphatic heterocycles. The Bertz CT molecular complexity index is 452. The van der Waals surface area contributed by atoms with Crippen molar-refractivity contribution in [3.63, 3.8) is 0 Å². The lowest BCUT2D eigenvalue weighted by Gasteiger charge is -2.27. The van der Waals surface area contributed by atoms with Crippen LogP contribution in [0.3, 0.4) is 0 Å². The summed E-state index contributed by atoms with van der Waals surface area (Å²) in [5, 5.41) is 0. The predicted octanol–water partition coefficient (Wildman–Crippen LogP) is 3.77. The molecule has 0 radical (unpaired) electrons. The monoisotopic (exact) mass is 214 g/mol. The van der Waals surface area contributed by atoms with Gasteiger partial charge in [0.2, 0.25) is 0 Å². The normalized spacial score (nSPS) is 19.4. The smallest absolute Gasteiger partial charge is 0.163 e. The maximum absolute atomic E-state index is 12.0. The SMILES string of the molecule is Cc1ccccc1C1=CC(C)(C)CCC1=O. The molecule has 1 aliphatic rings. The molecule has 0 spiro atoms. The molecule has 0 saturated heterocycles. The summed E-state index contributed by atoms with van der Waals surface area (Å²) in [5.41, 5.74) is 3.33. The van der Waals surface area contributed by atoms with Crippen molar-refractivity contribution in [3.8, 4) is 0 Å². The Morgan fingerprint density at radius 2 is 1.88 bits per heavy atom. The first kappa shape index (κ1) is 11.1. The Kier molecular flexibility index (Phi) is 2.71. The van der Waals surface area contributed by atoms with E-state index in [-0.39, 0.29) is 11.2 Å². The maximum atomic E-state index is 12.0. The van der Waals surface area contributed by atoms with E-state index in [1.807, 2.05) is 18.2 Å². The lowest BCUT2D eigenvalue weighted by Crippen LogP contribution is -2.19. The summed E-state index contributed by atoms with van der Waals surface area (Å²) < 4.78 is 0. The highest BCUT2D eigenvalue weighted by Gasteiger charge is 2.26. The zero-order chi connectivity index (χ0) is 11.8. The first-order valence-electron chi connectivity index (χ1n) is 5.82. The van der Waals surface area contributed by atoms with Gasteiger partial charge < -0.3 is 0 Å². The number of benzene rings is 1. The highest BCUT2D eigenvalue weighted by Crippen LogP contribution is 2.36. The third-order valence-electron chi connectivity index (χ3n) is 3.27. The van der Waals surface area contributed by atoms with E-state index in [9.17, 15) is 4.79 Å². The Balaban J connectivity index is 2.51. The van der Waals surface area contributed by atoms with Crippen molar-refractivity contribution >= 4 is 11.4 Å². The minimum Gasteiger partial charge on any atom is -0.294 e. The summed E-state index contributed by atoms with van der Waals surface area (Å²) in [7, 11) is 0. The molecule has 1 aromatic rings. The maximum Gasteiger partial charge on any atom is 0.163 e. The average Bonchev–Trinajstić information content (AvgIpc) is 2.23. The minimum atomic E-state index is 0.144.